The molecule has 0 radical (unpaired) electrons. The fourth-order valence-corrected chi connectivity index (χ4v) is 2.72. The van der Waals surface area contributed by atoms with E-state index >= 15 is 0 Å². The van der Waals surface area contributed by atoms with E-state index in [1.807, 2.05) is 0 Å². The SMILES string of the molecule is COC[C@@H](N=Cc1cc([N+](=O)[O-])ccc1O)[C@@H](COC)N=Cc1cc([N+](=O)[O-])ccc1O.[Ni]. The van der Waals surface area contributed by atoms with E-state index in [2.05, 4.69) is 9.98 Å². The van der Waals surface area contributed by atoms with E-state index in [0.29, 0.717) is 0 Å². The van der Waals surface area contributed by atoms with Crippen LogP contribution in [0.25, 0.3) is 0 Å². The summed E-state index contributed by atoms with van der Waals surface area (Å²) < 4.78 is 10.4. The Labute approximate surface area is 198 Å². The number of aliphatic imine (C=N–C) groups is 2. The summed E-state index contributed by atoms with van der Waals surface area (Å²) in [6, 6.07) is 5.83. The van der Waals surface area contributed by atoms with E-state index in [0.717, 1.165) is 0 Å². The van der Waals surface area contributed by atoms with E-state index in [-0.39, 0.29) is 63.7 Å². The van der Waals surface area contributed by atoms with Crippen molar-refractivity contribution in [2.45, 2.75) is 12.1 Å². The van der Waals surface area contributed by atoms with Crippen LogP contribution >= 0.6 is 0 Å². The quantitative estimate of drug-likeness (QED) is 0.203. The number of hydrogen-bond donors (Lipinski definition) is 2. The van der Waals surface area contributed by atoms with Gasteiger partial charge in [0.25, 0.3) is 11.4 Å². The molecule has 33 heavy (non-hydrogen) atoms. The summed E-state index contributed by atoms with van der Waals surface area (Å²) in [5.74, 6) is -0.382. The molecule has 0 fully saturated rings. The van der Waals surface area contributed by atoms with Crippen molar-refractivity contribution in [3.8, 4) is 11.5 Å². The van der Waals surface area contributed by atoms with Crippen LogP contribution in [-0.2, 0) is 26.0 Å². The molecule has 0 amide bonds. The van der Waals surface area contributed by atoms with Gasteiger partial charge in [-0.3, -0.25) is 30.2 Å². The maximum Gasteiger partial charge on any atom is 0.270 e. The molecule has 0 aliphatic rings. The van der Waals surface area contributed by atoms with Crippen LogP contribution in [0.2, 0.25) is 0 Å². The Morgan fingerprint density at radius 2 is 1.21 bits per heavy atom. The molecule has 0 spiro atoms. The van der Waals surface area contributed by atoms with Gasteiger partial charge in [0.1, 0.15) is 11.5 Å². The maximum absolute atomic E-state index is 11.0. The summed E-state index contributed by atoms with van der Waals surface area (Å²) in [6.45, 7) is 0.191. The largest absolute Gasteiger partial charge is 0.507 e. The van der Waals surface area contributed by atoms with Crippen molar-refractivity contribution in [2.24, 2.45) is 9.98 Å². The topological polar surface area (TPSA) is 170 Å². The van der Waals surface area contributed by atoms with Crippen molar-refractivity contribution in [2.75, 3.05) is 27.4 Å². The zero-order chi connectivity index (χ0) is 23.7. The molecule has 0 unspecified atom stereocenters. The van der Waals surface area contributed by atoms with Gasteiger partial charge in [-0.2, -0.15) is 0 Å². The minimum atomic E-state index is -0.629. The minimum Gasteiger partial charge on any atom is -0.507 e. The Hall–Kier alpha value is -3.41. The number of nitro benzene ring substituents is 2. The summed E-state index contributed by atoms with van der Waals surface area (Å²) in [4.78, 5) is 29.5. The average molecular weight is 505 g/mol. The fraction of sp³-hybridized carbons (Fsp3) is 0.300. The van der Waals surface area contributed by atoms with E-state index in [4.69, 9.17) is 9.47 Å². The number of benzene rings is 2. The Morgan fingerprint density at radius 3 is 1.52 bits per heavy atom. The third-order valence-electron chi connectivity index (χ3n) is 4.37. The van der Waals surface area contributed by atoms with Crippen LogP contribution in [0.15, 0.2) is 46.4 Å². The van der Waals surface area contributed by atoms with Crippen LogP contribution in [0.1, 0.15) is 11.1 Å². The molecule has 0 saturated heterocycles. The number of hydrogen-bond acceptors (Lipinski definition) is 10. The molecule has 2 aromatic carbocycles. The molecule has 180 valence electrons. The van der Waals surface area contributed by atoms with Crippen molar-refractivity contribution in [3.63, 3.8) is 0 Å². The Bertz CT molecular complexity index is 950. The Morgan fingerprint density at radius 1 is 0.848 bits per heavy atom. The average Bonchev–Trinajstić information content (AvgIpc) is 2.75. The van der Waals surface area contributed by atoms with Crippen LogP contribution < -0.4 is 0 Å². The number of aromatic hydroxyl groups is 2. The molecule has 0 heterocycles. The summed E-state index contributed by atoms with van der Waals surface area (Å²) in [5, 5.41) is 41.9. The van der Waals surface area contributed by atoms with Gasteiger partial charge in [-0.15, -0.1) is 0 Å². The third kappa shape index (κ3) is 7.90. The first kappa shape index (κ1) is 27.6. The number of nitrogens with zero attached hydrogens (tertiary/aromatic N) is 4. The van der Waals surface area contributed by atoms with Gasteiger partial charge >= 0.3 is 0 Å². The van der Waals surface area contributed by atoms with E-state index < -0.39 is 21.9 Å². The number of phenols is 2. The van der Waals surface area contributed by atoms with E-state index in [9.17, 15) is 30.4 Å². The molecule has 2 rings (SSSR count). The molecule has 0 aliphatic carbocycles. The van der Waals surface area contributed by atoms with Crippen LogP contribution in [0.3, 0.4) is 0 Å². The van der Waals surface area contributed by atoms with Gasteiger partial charge in [-0.25, -0.2) is 0 Å². The first-order valence-electron chi connectivity index (χ1n) is 9.25. The zero-order valence-electron chi connectivity index (χ0n) is 17.6. The van der Waals surface area contributed by atoms with Gasteiger partial charge in [-0.05, 0) is 12.1 Å². The van der Waals surface area contributed by atoms with Crippen molar-refractivity contribution in [3.05, 3.63) is 67.8 Å². The smallest absolute Gasteiger partial charge is 0.270 e. The van der Waals surface area contributed by atoms with Crippen LogP contribution in [0.4, 0.5) is 11.4 Å². The molecule has 0 aromatic heterocycles. The van der Waals surface area contributed by atoms with Gasteiger partial charge in [0.05, 0.1) is 35.1 Å². The molecule has 0 bridgehead atoms. The summed E-state index contributed by atoms with van der Waals surface area (Å²) in [5.41, 5.74) is -0.145. The van der Waals surface area contributed by atoms with E-state index in [1.165, 1.54) is 63.0 Å². The van der Waals surface area contributed by atoms with Gasteiger partial charge < -0.3 is 19.7 Å². The molecular weight excluding hydrogens is 483 g/mol. The molecule has 12 nitrogen and oxygen atoms in total. The van der Waals surface area contributed by atoms with Crippen LogP contribution in [0.5, 0.6) is 11.5 Å². The maximum atomic E-state index is 11.0. The molecule has 2 aromatic rings. The predicted molar refractivity (Wildman–Crippen MR) is 116 cm³/mol. The number of ether oxygens (including phenoxy) is 2. The van der Waals surface area contributed by atoms with Crippen LogP contribution in [-0.4, -0.2) is 72.0 Å². The molecule has 0 aliphatic heterocycles. The fourth-order valence-electron chi connectivity index (χ4n) is 2.72. The molecule has 13 heteroatoms. The first-order valence-corrected chi connectivity index (χ1v) is 9.25. The van der Waals surface area contributed by atoms with Crippen molar-refractivity contribution < 1.29 is 46.0 Å². The first-order chi connectivity index (χ1) is 15.3. The Balaban J connectivity index is 0.00000544. The molecule has 0 saturated carbocycles. The Kier molecular flexibility index (Phi) is 11.1. The number of rotatable bonds is 11. The van der Waals surface area contributed by atoms with Crippen LogP contribution in [0, 0.1) is 20.2 Å². The molecule has 2 N–H and O–H groups in total. The zero-order valence-corrected chi connectivity index (χ0v) is 18.6. The van der Waals surface area contributed by atoms with Crippen molar-refractivity contribution in [1.82, 2.24) is 0 Å². The van der Waals surface area contributed by atoms with E-state index in [1.54, 1.807) is 0 Å². The second-order valence-corrected chi connectivity index (χ2v) is 6.60. The number of methoxy groups -OCH3 is 2. The summed E-state index contributed by atoms with van der Waals surface area (Å²) in [6.07, 6.45) is 2.55. The summed E-state index contributed by atoms with van der Waals surface area (Å²) in [7, 11) is 2.90. The van der Waals surface area contributed by atoms with Gasteiger partial charge in [0.2, 0.25) is 0 Å². The minimum absolute atomic E-state index is 0. The third-order valence-corrected chi connectivity index (χ3v) is 4.37. The van der Waals surface area contributed by atoms with Crippen molar-refractivity contribution in [1.29, 1.82) is 0 Å². The van der Waals surface area contributed by atoms with Crippen molar-refractivity contribution >= 4 is 23.8 Å². The molecular formula is C20H22N4NiO8. The normalized spacial score (nSPS) is 13.0. The van der Waals surface area contributed by atoms with Gasteiger partial charge in [0.15, 0.2) is 0 Å². The molecule has 2 atom stereocenters. The second kappa shape index (κ2) is 13.2. The number of nitro groups is 2. The number of phenolic OH excluding ortho intramolecular Hbond substituents is 2. The summed E-state index contributed by atoms with van der Waals surface area (Å²) >= 11 is 0. The number of non-ortho nitro benzene ring substituents is 2. The van der Waals surface area contributed by atoms with Gasteiger partial charge in [-0.1, -0.05) is 0 Å². The second-order valence-electron chi connectivity index (χ2n) is 6.60. The predicted octanol–water partition coefficient (Wildman–Crippen LogP) is 2.48. The monoisotopic (exact) mass is 504 g/mol. The standard InChI is InChI=1S/C20H22N4O8.Ni/c1-31-11-17(21-9-13-7-15(23(27)28)3-5-19(13)25)18(12-32-2)22-10-14-8-16(24(29)30)4-6-20(14)26;/h3-10,17-18,25-26H,11-12H2,1-2H3;/t17-,18-;/m1./s1. The van der Waals surface area contributed by atoms with Gasteiger partial charge in [0, 0.05) is 78.5 Å².